The Bertz CT molecular complexity index is 910. The minimum atomic E-state index is 0.146. The molecule has 1 aliphatic heterocycles. The molecule has 228 valence electrons. The van der Waals surface area contributed by atoms with Gasteiger partial charge in [0.2, 0.25) is 0 Å². The van der Waals surface area contributed by atoms with Crippen molar-refractivity contribution in [2.45, 2.75) is 131 Å². The van der Waals surface area contributed by atoms with Crippen molar-refractivity contribution in [2.75, 3.05) is 26.3 Å². The smallest absolute Gasteiger partial charge is 0.334 e. The molecule has 8 atom stereocenters. The Morgan fingerprint density at radius 3 is 2.48 bits per heavy atom. The Balaban J connectivity index is 1.29. The van der Waals surface area contributed by atoms with E-state index in [-0.39, 0.29) is 18.1 Å². The van der Waals surface area contributed by atoms with Crippen LogP contribution in [0.5, 0.6) is 0 Å². The third kappa shape index (κ3) is 5.77. The van der Waals surface area contributed by atoms with E-state index in [4.69, 9.17) is 4.74 Å². The van der Waals surface area contributed by atoms with Crippen molar-refractivity contribution < 1.29 is 9.53 Å². The lowest BCUT2D eigenvalue weighted by Crippen LogP contribution is -2.60. The predicted octanol–water partition coefficient (Wildman–Crippen LogP) is 8.06. The first-order valence-electron chi connectivity index (χ1n) is 17.2. The molecule has 3 saturated carbocycles. The summed E-state index contributed by atoms with van der Waals surface area (Å²) in [5.74, 6) is 5.20. The van der Waals surface area contributed by atoms with E-state index in [1.54, 1.807) is 5.57 Å². The molecule has 5 rings (SSSR count). The third-order valence-electron chi connectivity index (χ3n) is 12.5. The average Bonchev–Trinajstić information content (AvgIpc) is 3.28. The number of carbonyl (C=O) groups excluding carboxylic acids is 1. The number of allylic oxidation sites excluding steroid dienone is 1. The van der Waals surface area contributed by atoms with Gasteiger partial charge in [0.25, 0.3) is 0 Å². The highest BCUT2D eigenvalue weighted by molar-refractivity contribution is 5.74. The summed E-state index contributed by atoms with van der Waals surface area (Å²) in [7, 11) is 0. The summed E-state index contributed by atoms with van der Waals surface area (Å²) in [6, 6.07) is 0.625. The lowest BCUT2D eigenvalue weighted by molar-refractivity contribution is -0.0559. The first-order valence-corrected chi connectivity index (χ1v) is 17.2. The molecule has 1 N–H and O–H groups in total. The summed E-state index contributed by atoms with van der Waals surface area (Å²) < 4.78 is 5.53. The summed E-state index contributed by atoms with van der Waals surface area (Å²) in [5, 5.41) is 2.02. The molecule has 2 amide bonds. The van der Waals surface area contributed by atoms with Crippen LogP contribution in [0.3, 0.4) is 0 Å². The number of morpholine rings is 1. The van der Waals surface area contributed by atoms with Gasteiger partial charge in [0.1, 0.15) is 0 Å². The molecule has 0 radical (unpaired) electrons. The highest BCUT2D eigenvalue weighted by atomic mass is 16.5. The van der Waals surface area contributed by atoms with Crippen LogP contribution < -0.4 is 5.43 Å². The number of urea groups is 1. The largest absolute Gasteiger partial charge is 0.378 e. The maximum atomic E-state index is 13.7. The number of nitrogens with zero attached hydrogens (tertiary/aromatic N) is 2. The van der Waals surface area contributed by atoms with Crippen LogP contribution in [-0.2, 0) is 4.74 Å². The van der Waals surface area contributed by atoms with Crippen LogP contribution in [0.25, 0.3) is 0 Å². The molecule has 1 heterocycles. The van der Waals surface area contributed by atoms with Crippen LogP contribution in [0.4, 0.5) is 4.79 Å². The maximum Gasteiger partial charge on any atom is 0.334 e. The molecule has 0 spiro atoms. The quantitative estimate of drug-likeness (QED) is 0.243. The Hall–Kier alpha value is -1.07. The van der Waals surface area contributed by atoms with E-state index < -0.39 is 0 Å². The molecule has 5 aliphatic rings. The molecule has 40 heavy (non-hydrogen) atoms. The van der Waals surface area contributed by atoms with Gasteiger partial charge in [0, 0.05) is 19.1 Å². The van der Waals surface area contributed by atoms with Gasteiger partial charge in [-0.05, 0) is 112 Å². The van der Waals surface area contributed by atoms with E-state index in [0.717, 1.165) is 48.3 Å². The van der Waals surface area contributed by atoms with E-state index in [9.17, 15) is 4.79 Å². The summed E-state index contributed by atoms with van der Waals surface area (Å²) in [6.45, 7) is 19.6. The SMILES string of the molecule is CC(C)CCC[C@@H](C)[C@H]1CCC2C3CC=C4CC(N(NC(C)C)C(=O)N5CCOCC5)CC[C@]4(C)C3CC[C@@]21C. The van der Waals surface area contributed by atoms with Gasteiger partial charge in [0.15, 0.2) is 0 Å². The lowest BCUT2D eigenvalue weighted by atomic mass is 9.47. The molecule has 4 aliphatic carbocycles. The molecule has 1 saturated heterocycles. The van der Waals surface area contributed by atoms with E-state index in [1.807, 2.05) is 9.91 Å². The molecule has 0 aromatic carbocycles. The maximum absolute atomic E-state index is 13.7. The fourth-order valence-electron chi connectivity index (χ4n) is 10.4. The summed E-state index contributed by atoms with van der Waals surface area (Å²) in [4.78, 5) is 15.6. The van der Waals surface area contributed by atoms with Crippen molar-refractivity contribution in [3.05, 3.63) is 11.6 Å². The standard InChI is InChI=1S/C35H61N3O2/c1-24(2)9-8-10-26(5)30-13-14-31-29-12-11-27-23-28(15-17-34(27,6)32(29)16-18-35(30,31)7)38(36-25(3)4)33(39)37-19-21-40-22-20-37/h11,24-26,28-32,36H,8-10,12-23H2,1-7H3/t26-,28?,29?,30-,31?,32?,34+,35-/m1/s1. The molecular formula is C35H61N3O2. The topological polar surface area (TPSA) is 44.8 Å². The fourth-order valence-corrected chi connectivity index (χ4v) is 10.4. The second kappa shape index (κ2) is 12.3. The van der Waals surface area contributed by atoms with Gasteiger partial charge < -0.3 is 9.64 Å². The zero-order chi connectivity index (χ0) is 28.7. The number of fused-ring (bicyclic) bond motifs is 5. The second-order valence-corrected chi connectivity index (χ2v) is 15.7. The monoisotopic (exact) mass is 555 g/mol. The first-order chi connectivity index (χ1) is 19.0. The van der Waals surface area contributed by atoms with Gasteiger partial charge in [-0.2, -0.15) is 0 Å². The van der Waals surface area contributed by atoms with Crippen molar-refractivity contribution >= 4 is 6.03 Å². The number of rotatable bonds is 8. The molecular weight excluding hydrogens is 494 g/mol. The van der Waals surface area contributed by atoms with E-state index >= 15 is 0 Å². The zero-order valence-corrected chi connectivity index (χ0v) is 27.0. The number of hydrogen-bond acceptors (Lipinski definition) is 3. The van der Waals surface area contributed by atoms with Gasteiger partial charge in [-0.15, -0.1) is 0 Å². The summed E-state index contributed by atoms with van der Waals surface area (Å²) in [6.07, 6.45) is 17.3. The Labute approximate surface area is 246 Å². The number of nitrogens with one attached hydrogen (secondary N) is 1. The third-order valence-corrected chi connectivity index (χ3v) is 12.5. The van der Waals surface area contributed by atoms with Crippen LogP contribution in [0, 0.1) is 46.3 Å². The number of hydrazine groups is 1. The molecule has 5 heteroatoms. The van der Waals surface area contributed by atoms with E-state index in [1.165, 1.54) is 57.8 Å². The number of ether oxygens (including phenoxy) is 1. The number of amides is 2. The minimum absolute atomic E-state index is 0.146. The van der Waals surface area contributed by atoms with Crippen LogP contribution in [0.2, 0.25) is 0 Å². The van der Waals surface area contributed by atoms with Gasteiger partial charge >= 0.3 is 6.03 Å². The summed E-state index contributed by atoms with van der Waals surface area (Å²) in [5.41, 5.74) is 6.07. The van der Waals surface area contributed by atoms with Crippen LogP contribution in [-0.4, -0.2) is 54.3 Å². The lowest BCUT2D eigenvalue weighted by Gasteiger charge is -2.59. The van der Waals surface area contributed by atoms with Crippen molar-refractivity contribution in [3.8, 4) is 0 Å². The van der Waals surface area contributed by atoms with Gasteiger partial charge in [0.05, 0.1) is 19.3 Å². The second-order valence-electron chi connectivity index (χ2n) is 15.7. The average molecular weight is 556 g/mol. The highest BCUT2D eigenvalue weighted by Gasteiger charge is 2.59. The van der Waals surface area contributed by atoms with Crippen molar-refractivity contribution in [2.24, 2.45) is 46.3 Å². The van der Waals surface area contributed by atoms with Gasteiger partial charge in [-0.1, -0.05) is 65.5 Å². The normalized spacial score (nSPS) is 38.5. The molecule has 5 nitrogen and oxygen atoms in total. The molecule has 4 fully saturated rings. The molecule has 4 unspecified atom stereocenters. The Morgan fingerprint density at radius 1 is 1.02 bits per heavy atom. The molecule has 0 aromatic heterocycles. The Morgan fingerprint density at radius 2 is 1.77 bits per heavy atom. The zero-order valence-electron chi connectivity index (χ0n) is 27.0. The van der Waals surface area contributed by atoms with Crippen LogP contribution in [0.15, 0.2) is 11.6 Å². The number of carbonyl (C=O) groups is 1. The van der Waals surface area contributed by atoms with Crippen LogP contribution >= 0.6 is 0 Å². The van der Waals surface area contributed by atoms with Crippen molar-refractivity contribution in [1.29, 1.82) is 0 Å². The van der Waals surface area contributed by atoms with E-state index in [2.05, 4.69) is 60.0 Å². The number of hydrogen-bond donors (Lipinski definition) is 1. The summed E-state index contributed by atoms with van der Waals surface area (Å²) >= 11 is 0. The van der Waals surface area contributed by atoms with Crippen molar-refractivity contribution in [1.82, 2.24) is 15.3 Å². The van der Waals surface area contributed by atoms with Gasteiger partial charge in [-0.25, -0.2) is 10.2 Å². The van der Waals surface area contributed by atoms with Crippen molar-refractivity contribution in [3.63, 3.8) is 0 Å². The molecule has 0 bridgehead atoms. The van der Waals surface area contributed by atoms with Gasteiger partial charge in [-0.3, -0.25) is 5.01 Å². The first kappa shape index (κ1) is 30.4. The Kier molecular flexibility index (Phi) is 9.32. The molecule has 0 aromatic rings. The predicted molar refractivity (Wildman–Crippen MR) is 165 cm³/mol. The van der Waals surface area contributed by atoms with Crippen LogP contribution in [0.1, 0.15) is 119 Å². The minimum Gasteiger partial charge on any atom is -0.378 e. The fraction of sp³-hybridized carbons (Fsp3) is 0.914. The highest BCUT2D eigenvalue weighted by Crippen LogP contribution is 2.67. The van der Waals surface area contributed by atoms with E-state index in [0.29, 0.717) is 37.1 Å².